The number of aromatic nitrogens is 1. The van der Waals surface area contributed by atoms with Gasteiger partial charge in [0.15, 0.2) is 0 Å². The highest BCUT2D eigenvalue weighted by molar-refractivity contribution is 5.54. The number of hydrogen-bond acceptors (Lipinski definition) is 4. The van der Waals surface area contributed by atoms with Crippen LogP contribution in [0.1, 0.15) is 31.0 Å². The maximum atomic E-state index is 9.16. The highest BCUT2D eigenvalue weighted by Crippen LogP contribution is 2.26. The van der Waals surface area contributed by atoms with E-state index in [1.807, 2.05) is 26.1 Å². The summed E-state index contributed by atoms with van der Waals surface area (Å²) in [7, 11) is 2.02. The van der Waals surface area contributed by atoms with Gasteiger partial charge in [-0.3, -0.25) is 0 Å². The predicted octanol–water partition coefficient (Wildman–Crippen LogP) is 1.84. The molecule has 0 spiro atoms. The number of nitrogens with zero attached hydrogens (tertiary/aromatic N) is 3. The number of nitrogens with one attached hydrogen (secondary N) is 1. The SMILES string of the molecule is CNC1(C)CCN(c2nc(C)ccc2C#N)CC1. The fourth-order valence-corrected chi connectivity index (χ4v) is 2.33. The zero-order chi connectivity index (χ0) is 13.2. The molecule has 0 unspecified atom stereocenters. The van der Waals surface area contributed by atoms with Gasteiger partial charge in [-0.2, -0.15) is 5.26 Å². The second-order valence-corrected chi connectivity index (χ2v) is 5.23. The Labute approximate surface area is 109 Å². The summed E-state index contributed by atoms with van der Waals surface area (Å²) in [5.74, 6) is 0.843. The average Bonchev–Trinajstić information content (AvgIpc) is 2.39. The lowest BCUT2D eigenvalue weighted by molar-refractivity contribution is 0.304. The Balaban J connectivity index is 2.20. The molecule has 18 heavy (non-hydrogen) atoms. The van der Waals surface area contributed by atoms with E-state index < -0.39 is 0 Å². The highest BCUT2D eigenvalue weighted by Gasteiger charge is 2.29. The molecular weight excluding hydrogens is 224 g/mol. The molecule has 2 heterocycles. The molecule has 1 saturated heterocycles. The normalized spacial score (nSPS) is 18.4. The first-order chi connectivity index (χ1) is 8.58. The maximum absolute atomic E-state index is 9.16. The Kier molecular flexibility index (Phi) is 3.53. The second kappa shape index (κ2) is 4.95. The van der Waals surface area contributed by atoms with Crippen molar-refractivity contribution in [3.8, 4) is 6.07 Å². The van der Waals surface area contributed by atoms with Gasteiger partial charge >= 0.3 is 0 Å². The Morgan fingerprint density at radius 2 is 2.06 bits per heavy atom. The van der Waals surface area contributed by atoms with Crippen LogP contribution in [0.15, 0.2) is 12.1 Å². The molecule has 0 bridgehead atoms. The third-order valence-corrected chi connectivity index (χ3v) is 3.90. The summed E-state index contributed by atoms with van der Waals surface area (Å²) < 4.78 is 0. The molecule has 4 heteroatoms. The first-order valence-corrected chi connectivity index (χ1v) is 6.39. The maximum Gasteiger partial charge on any atom is 0.146 e. The molecule has 0 aromatic carbocycles. The minimum atomic E-state index is 0.215. The van der Waals surface area contributed by atoms with Crippen molar-refractivity contribution in [2.24, 2.45) is 0 Å². The fourth-order valence-electron chi connectivity index (χ4n) is 2.33. The number of anilines is 1. The third-order valence-electron chi connectivity index (χ3n) is 3.90. The molecule has 0 saturated carbocycles. The van der Waals surface area contributed by atoms with E-state index in [1.54, 1.807) is 0 Å². The van der Waals surface area contributed by atoms with E-state index in [1.165, 1.54) is 0 Å². The molecular formula is C14H20N4. The first-order valence-electron chi connectivity index (χ1n) is 6.39. The minimum absolute atomic E-state index is 0.215. The molecule has 0 amide bonds. The number of hydrogen-bond donors (Lipinski definition) is 1. The van der Waals surface area contributed by atoms with Crippen LogP contribution in [0.5, 0.6) is 0 Å². The molecule has 1 aromatic rings. The van der Waals surface area contributed by atoms with E-state index in [2.05, 4.69) is 28.2 Å². The molecule has 96 valence electrons. The van der Waals surface area contributed by atoms with Gasteiger partial charge in [0.2, 0.25) is 0 Å². The summed E-state index contributed by atoms with van der Waals surface area (Å²) in [6, 6.07) is 5.99. The lowest BCUT2D eigenvalue weighted by Gasteiger charge is -2.40. The molecule has 4 nitrogen and oxygen atoms in total. The molecule has 1 aliphatic rings. The lowest BCUT2D eigenvalue weighted by Crippen LogP contribution is -2.50. The number of pyridine rings is 1. The van der Waals surface area contributed by atoms with Crippen molar-refractivity contribution in [1.82, 2.24) is 10.3 Å². The van der Waals surface area contributed by atoms with Gasteiger partial charge in [-0.25, -0.2) is 4.98 Å². The van der Waals surface area contributed by atoms with Crippen LogP contribution >= 0.6 is 0 Å². The van der Waals surface area contributed by atoms with Crippen LogP contribution in [-0.4, -0.2) is 30.7 Å². The van der Waals surface area contributed by atoms with Crippen molar-refractivity contribution in [2.45, 2.75) is 32.2 Å². The summed E-state index contributed by atoms with van der Waals surface area (Å²) >= 11 is 0. The van der Waals surface area contributed by atoms with E-state index in [9.17, 15) is 0 Å². The van der Waals surface area contributed by atoms with Gasteiger partial charge in [-0.05, 0) is 45.9 Å². The molecule has 2 rings (SSSR count). The smallest absolute Gasteiger partial charge is 0.146 e. The van der Waals surface area contributed by atoms with Gasteiger partial charge in [0.05, 0.1) is 5.56 Å². The van der Waals surface area contributed by atoms with Gasteiger partial charge < -0.3 is 10.2 Å². The van der Waals surface area contributed by atoms with Gasteiger partial charge in [0, 0.05) is 24.3 Å². The molecule has 1 fully saturated rings. The van der Waals surface area contributed by atoms with Crippen LogP contribution in [0, 0.1) is 18.3 Å². The average molecular weight is 244 g/mol. The predicted molar refractivity (Wildman–Crippen MR) is 72.6 cm³/mol. The van der Waals surface area contributed by atoms with E-state index in [0.29, 0.717) is 5.56 Å². The molecule has 1 aromatic heterocycles. The molecule has 1 N–H and O–H groups in total. The van der Waals surface area contributed by atoms with E-state index in [0.717, 1.165) is 37.4 Å². The van der Waals surface area contributed by atoms with Crippen LogP contribution < -0.4 is 10.2 Å². The quantitative estimate of drug-likeness (QED) is 0.862. The van der Waals surface area contributed by atoms with Crippen molar-refractivity contribution >= 4 is 5.82 Å². The lowest BCUT2D eigenvalue weighted by atomic mass is 9.90. The van der Waals surface area contributed by atoms with E-state index >= 15 is 0 Å². The van der Waals surface area contributed by atoms with Crippen LogP contribution in [0.3, 0.4) is 0 Å². The Morgan fingerprint density at radius 3 is 2.61 bits per heavy atom. The number of aryl methyl sites for hydroxylation is 1. The van der Waals surface area contributed by atoms with E-state index in [4.69, 9.17) is 5.26 Å². The van der Waals surface area contributed by atoms with Crippen LogP contribution in [0.2, 0.25) is 0 Å². The third kappa shape index (κ3) is 2.46. The van der Waals surface area contributed by atoms with Crippen molar-refractivity contribution in [3.05, 3.63) is 23.4 Å². The zero-order valence-corrected chi connectivity index (χ0v) is 11.3. The zero-order valence-electron chi connectivity index (χ0n) is 11.3. The number of nitriles is 1. The van der Waals surface area contributed by atoms with Crippen molar-refractivity contribution in [1.29, 1.82) is 5.26 Å². The highest BCUT2D eigenvalue weighted by atomic mass is 15.2. The summed E-state index contributed by atoms with van der Waals surface area (Å²) in [6.07, 6.45) is 2.15. The topological polar surface area (TPSA) is 52.0 Å². The molecule has 0 atom stereocenters. The molecule has 0 radical (unpaired) electrons. The Bertz CT molecular complexity index is 467. The standard InChI is InChI=1S/C14H20N4/c1-11-4-5-12(10-15)13(17-11)18-8-6-14(2,16-3)7-9-18/h4-5,16H,6-9H2,1-3H3. The van der Waals surface area contributed by atoms with E-state index in [-0.39, 0.29) is 5.54 Å². The van der Waals surface area contributed by atoms with Gasteiger partial charge in [0.1, 0.15) is 11.9 Å². The number of rotatable bonds is 2. The van der Waals surface area contributed by atoms with Gasteiger partial charge in [-0.15, -0.1) is 0 Å². The van der Waals surface area contributed by atoms with Gasteiger partial charge in [0.25, 0.3) is 0 Å². The van der Waals surface area contributed by atoms with Crippen LogP contribution in [0.25, 0.3) is 0 Å². The van der Waals surface area contributed by atoms with Crippen molar-refractivity contribution in [2.75, 3.05) is 25.0 Å². The summed E-state index contributed by atoms with van der Waals surface area (Å²) in [6.45, 7) is 6.11. The van der Waals surface area contributed by atoms with Gasteiger partial charge in [-0.1, -0.05) is 0 Å². The Morgan fingerprint density at radius 1 is 1.39 bits per heavy atom. The molecule has 0 aliphatic carbocycles. The summed E-state index contributed by atoms with van der Waals surface area (Å²) in [5, 5.41) is 12.5. The summed E-state index contributed by atoms with van der Waals surface area (Å²) in [4.78, 5) is 6.75. The van der Waals surface area contributed by atoms with Crippen molar-refractivity contribution in [3.63, 3.8) is 0 Å². The fraction of sp³-hybridized carbons (Fsp3) is 0.571. The second-order valence-electron chi connectivity index (χ2n) is 5.23. The Hall–Kier alpha value is -1.60. The van der Waals surface area contributed by atoms with Crippen LogP contribution in [-0.2, 0) is 0 Å². The van der Waals surface area contributed by atoms with Crippen LogP contribution in [0.4, 0.5) is 5.82 Å². The summed E-state index contributed by atoms with van der Waals surface area (Å²) in [5.41, 5.74) is 1.85. The monoisotopic (exact) mass is 244 g/mol. The number of piperidine rings is 1. The van der Waals surface area contributed by atoms with Crippen molar-refractivity contribution < 1.29 is 0 Å². The largest absolute Gasteiger partial charge is 0.355 e. The molecule has 1 aliphatic heterocycles. The first kappa shape index (κ1) is 12.8. The minimum Gasteiger partial charge on any atom is -0.355 e.